The highest BCUT2D eigenvalue weighted by Gasteiger charge is 2.37. The summed E-state index contributed by atoms with van der Waals surface area (Å²) in [6, 6.07) is 8.56. The Bertz CT molecular complexity index is 640. The summed E-state index contributed by atoms with van der Waals surface area (Å²) in [6.45, 7) is 6.00. The molecule has 1 amide bonds. The summed E-state index contributed by atoms with van der Waals surface area (Å²) in [5.41, 5.74) is 0.737. The third-order valence-corrected chi connectivity index (χ3v) is 3.65. The summed E-state index contributed by atoms with van der Waals surface area (Å²) in [7, 11) is 0. The van der Waals surface area contributed by atoms with Crippen LogP contribution in [0, 0.1) is 11.3 Å². The Labute approximate surface area is 136 Å². The molecule has 1 saturated heterocycles. The topological polar surface area (TPSA) is 70.4 Å². The Kier molecular flexibility index (Phi) is 5.05. The first-order valence-electron chi connectivity index (χ1n) is 7.81. The SMILES string of the molecule is CC(C)(C)OC(=O)C1CCCN1C(=O)c1cccc(CC#N)c1. The Morgan fingerprint density at radius 2 is 2.13 bits per heavy atom. The van der Waals surface area contributed by atoms with Crippen molar-refractivity contribution in [1.82, 2.24) is 4.90 Å². The van der Waals surface area contributed by atoms with Crippen molar-refractivity contribution in [1.29, 1.82) is 5.26 Å². The number of likely N-dealkylation sites (tertiary alicyclic amines) is 1. The molecule has 5 nitrogen and oxygen atoms in total. The number of ether oxygens (including phenoxy) is 1. The molecule has 0 bridgehead atoms. The number of benzene rings is 1. The highest BCUT2D eigenvalue weighted by molar-refractivity contribution is 5.97. The van der Waals surface area contributed by atoms with E-state index in [1.807, 2.05) is 26.8 Å². The second kappa shape index (κ2) is 6.82. The number of carbonyl (C=O) groups is 2. The van der Waals surface area contributed by atoms with Gasteiger partial charge >= 0.3 is 5.97 Å². The van der Waals surface area contributed by atoms with Crippen molar-refractivity contribution in [3.8, 4) is 6.07 Å². The predicted octanol–water partition coefficient (Wildman–Crippen LogP) is 2.70. The lowest BCUT2D eigenvalue weighted by molar-refractivity contribution is -0.159. The van der Waals surface area contributed by atoms with Gasteiger partial charge in [0.05, 0.1) is 12.5 Å². The summed E-state index contributed by atoms with van der Waals surface area (Å²) >= 11 is 0. The number of carbonyl (C=O) groups excluding carboxylic acids is 2. The predicted molar refractivity (Wildman–Crippen MR) is 85.7 cm³/mol. The minimum absolute atomic E-state index is 0.182. The zero-order chi connectivity index (χ0) is 17.0. The van der Waals surface area contributed by atoms with Crippen molar-refractivity contribution in [3.63, 3.8) is 0 Å². The normalized spacial score (nSPS) is 17.7. The first-order valence-corrected chi connectivity index (χ1v) is 7.81. The van der Waals surface area contributed by atoms with Crippen LogP contribution in [0.15, 0.2) is 24.3 Å². The van der Waals surface area contributed by atoms with Gasteiger partial charge in [-0.2, -0.15) is 5.26 Å². The summed E-state index contributed by atoms with van der Waals surface area (Å²) < 4.78 is 5.42. The van der Waals surface area contributed by atoms with Crippen LogP contribution in [-0.2, 0) is 16.0 Å². The van der Waals surface area contributed by atoms with E-state index in [2.05, 4.69) is 6.07 Å². The van der Waals surface area contributed by atoms with E-state index in [-0.39, 0.29) is 18.3 Å². The van der Waals surface area contributed by atoms with Gasteiger partial charge in [0, 0.05) is 12.1 Å². The van der Waals surface area contributed by atoms with Crippen LogP contribution in [-0.4, -0.2) is 35.0 Å². The van der Waals surface area contributed by atoms with Crippen LogP contribution in [0.2, 0.25) is 0 Å². The summed E-state index contributed by atoms with van der Waals surface area (Å²) in [6.07, 6.45) is 1.67. The molecule has 1 aromatic rings. The van der Waals surface area contributed by atoms with Gasteiger partial charge in [-0.15, -0.1) is 0 Å². The molecule has 1 atom stereocenters. The Morgan fingerprint density at radius 1 is 1.39 bits per heavy atom. The quantitative estimate of drug-likeness (QED) is 0.804. The fourth-order valence-corrected chi connectivity index (χ4v) is 2.70. The first kappa shape index (κ1) is 17.0. The van der Waals surface area contributed by atoms with E-state index in [9.17, 15) is 9.59 Å². The molecule has 0 N–H and O–H groups in total. The zero-order valence-electron chi connectivity index (χ0n) is 13.8. The molecule has 0 spiro atoms. The molecule has 2 rings (SSSR count). The molecule has 1 aromatic carbocycles. The molecular weight excluding hydrogens is 292 g/mol. The second-order valence-corrected chi connectivity index (χ2v) is 6.73. The minimum Gasteiger partial charge on any atom is -0.458 e. The van der Waals surface area contributed by atoms with Gasteiger partial charge in [-0.1, -0.05) is 12.1 Å². The molecular formula is C18H22N2O3. The van der Waals surface area contributed by atoms with Gasteiger partial charge in [0.1, 0.15) is 11.6 Å². The molecule has 23 heavy (non-hydrogen) atoms. The number of hydrogen-bond donors (Lipinski definition) is 0. The zero-order valence-corrected chi connectivity index (χ0v) is 13.8. The van der Waals surface area contributed by atoms with E-state index in [0.29, 0.717) is 18.5 Å². The monoisotopic (exact) mass is 314 g/mol. The van der Waals surface area contributed by atoms with E-state index >= 15 is 0 Å². The van der Waals surface area contributed by atoms with Crippen molar-refractivity contribution < 1.29 is 14.3 Å². The van der Waals surface area contributed by atoms with Crippen LogP contribution >= 0.6 is 0 Å². The van der Waals surface area contributed by atoms with Gasteiger partial charge in [-0.05, 0) is 51.3 Å². The maximum absolute atomic E-state index is 12.7. The molecule has 5 heteroatoms. The molecule has 1 aliphatic rings. The number of amides is 1. The van der Waals surface area contributed by atoms with E-state index in [0.717, 1.165) is 12.0 Å². The van der Waals surface area contributed by atoms with E-state index in [4.69, 9.17) is 10.00 Å². The van der Waals surface area contributed by atoms with Crippen molar-refractivity contribution >= 4 is 11.9 Å². The fraction of sp³-hybridized carbons (Fsp3) is 0.500. The van der Waals surface area contributed by atoms with Gasteiger partial charge < -0.3 is 9.64 Å². The van der Waals surface area contributed by atoms with Crippen LogP contribution < -0.4 is 0 Å². The lowest BCUT2D eigenvalue weighted by atomic mass is 10.1. The van der Waals surface area contributed by atoms with Crippen molar-refractivity contribution in [3.05, 3.63) is 35.4 Å². The molecule has 0 aliphatic carbocycles. The molecule has 0 radical (unpaired) electrons. The molecule has 0 aromatic heterocycles. The highest BCUT2D eigenvalue weighted by atomic mass is 16.6. The van der Waals surface area contributed by atoms with Gasteiger partial charge in [0.15, 0.2) is 0 Å². The van der Waals surface area contributed by atoms with Gasteiger partial charge in [0.2, 0.25) is 0 Å². The molecule has 122 valence electrons. The Morgan fingerprint density at radius 3 is 2.78 bits per heavy atom. The van der Waals surface area contributed by atoms with Crippen LogP contribution in [0.1, 0.15) is 49.5 Å². The fourth-order valence-electron chi connectivity index (χ4n) is 2.70. The second-order valence-electron chi connectivity index (χ2n) is 6.73. The standard InChI is InChI=1S/C18H22N2O3/c1-18(2,3)23-17(22)15-8-5-11-20(15)16(21)14-7-4-6-13(12-14)9-10-19/h4,6-7,12,15H,5,8-9,11H2,1-3H3. The molecule has 1 fully saturated rings. The maximum Gasteiger partial charge on any atom is 0.329 e. The van der Waals surface area contributed by atoms with Crippen LogP contribution in [0.3, 0.4) is 0 Å². The molecule has 1 heterocycles. The largest absolute Gasteiger partial charge is 0.458 e. The number of nitriles is 1. The minimum atomic E-state index is -0.568. The number of hydrogen-bond acceptors (Lipinski definition) is 4. The number of rotatable bonds is 3. The summed E-state index contributed by atoms with van der Waals surface area (Å²) in [4.78, 5) is 26.6. The first-order chi connectivity index (χ1) is 10.8. The average Bonchev–Trinajstić information content (AvgIpc) is 2.95. The van der Waals surface area contributed by atoms with E-state index in [1.165, 1.54) is 0 Å². The van der Waals surface area contributed by atoms with Gasteiger partial charge in [-0.25, -0.2) is 4.79 Å². The van der Waals surface area contributed by atoms with Crippen LogP contribution in [0.4, 0.5) is 0 Å². The lowest BCUT2D eigenvalue weighted by Gasteiger charge is -2.27. The average molecular weight is 314 g/mol. The molecule has 1 unspecified atom stereocenters. The molecule has 0 saturated carbocycles. The van der Waals surface area contributed by atoms with Crippen molar-refractivity contribution in [2.45, 2.75) is 51.7 Å². The lowest BCUT2D eigenvalue weighted by Crippen LogP contribution is -2.43. The highest BCUT2D eigenvalue weighted by Crippen LogP contribution is 2.23. The van der Waals surface area contributed by atoms with Crippen molar-refractivity contribution in [2.24, 2.45) is 0 Å². The number of nitrogens with zero attached hydrogens (tertiary/aromatic N) is 2. The van der Waals surface area contributed by atoms with E-state index in [1.54, 1.807) is 23.1 Å². The number of esters is 1. The van der Waals surface area contributed by atoms with Gasteiger partial charge in [0.25, 0.3) is 5.91 Å². The Hall–Kier alpha value is -2.35. The van der Waals surface area contributed by atoms with Crippen molar-refractivity contribution in [2.75, 3.05) is 6.54 Å². The third-order valence-electron chi connectivity index (χ3n) is 3.65. The third kappa shape index (κ3) is 4.32. The molecule has 1 aliphatic heterocycles. The van der Waals surface area contributed by atoms with Crippen LogP contribution in [0.5, 0.6) is 0 Å². The summed E-state index contributed by atoms with van der Waals surface area (Å²) in [5, 5.41) is 8.78. The Balaban J connectivity index is 2.16. The van der Waals surface area contributed by atoms with E-state index < -0.39 is 11.6 Å². The van der Waals surface area contributed by atoms with Gasteiger partial charge in [-0.3, -0.25) is 4.79 Å². The smallest absolute Gasteiger partial charge is 0.329 e. The maximum atomic E-state index is 12.7. The van der Waals surface area contributed by atoms with Crippen LogP contribution in [0.25, 0.3) is 0 Å². The summed E-state index contributed by atoms with van der Waals surface area (Å²) in [5.74, 6) is -0.533.